The van der Waals surface area contributed by atoms with E-state index < -0.39 is 0 Å². The molecule has 2 saturated heterocycles. The summed E-state index contributed by atoms with van der Waals surface area (Å²) in [7, 11) is 1.59. The number of ketones is 1. The van der Waals surface area contributed by atoms with E-state index in [-0.39, 0.29) is 48.4 Å². The summed E-state index contributed by atoms with van der Waals surface area (Å²) in [5.74, 6) is -0.183. The van der Waals surface area contributed by atoms with Crippen molar-refractivity contribution in [2.45, 2.75) is 19.3 Å². The van der Waals surface area contributed by atoms with Gasteiger partial charge in [-0.1, -0.05) is 0 Å². The van der Waals surface area contributed by atoms with Crippen LogP contribution in [-0.4, -0.2) is 79.8 Å². The highest BCUT2D eigenvalue weighted by atomic mass is 16.5. The summed E-state index contributed by atoms with van der Waals surface area (Å²) in [5.41, 5.74) is 1.04. The molecule has 0 saturated carbocycles. The number of carbonyl (C=O) groups is 4. The summed E-state index contributed by atoms with van der Waals surface area (Å²) in [6.45, 7) is 2.37. The number of Topliss-reactive ketones (excluding diaryl/α,β-unsaturated/α-hetero) is 1. The molecule has 0 spiro atoms. The van der Waals surface area contributed by atoms with Gasteiger partial charge >= 0.3 is 0 Å². The molecule has 4 rings (SSSR count). The fourth-order valence-electron chi connectivity index (χ4n) is 4.45. The maximum Gasteiger partial charge on any atom is 0.262 e. The molecule has 3 aliphatic heterocycles. The molecule has 166 valence electrons. The van der Waals surface area contributed by atoms with Crippen molar-refractivity contribution in [1.82, 2.24) is 9.80 Å². The van der Waals surface area contributed by atoms with E-state index in [1.807, 2.05) is 0 Å². The highest BCUT2D eigenvalue weighted by Crippen LogP contribution is 2.31. The van der Waals surface area contributed by atoms with Crippen LogP contribution >= 0.6 is 0 Å². The molecular formula is C22H27N3O6. The quantitative estimate of drug-likeness (QED) is 0.675. The zero-order valence-electron chi connectivity index (χ0n) is 17.6. The van der Waals surface area contributed by atoms with E-state index >= 15 is 0 Å². The van der Waals surface area contributed by atoms with E-state index in [0.29, 0.717) is 62.6 Å². The van der Waals surface area contributed by atoms with Gasteiger partial charge in [0.25, 0.3) is 5.91 Å². The fourth-order valence-corrected chi connectivity index (χ4v) is 4.45. The average molecular weight is 429 g/mol. The van der Waals surface area contributed by atoms with Gasteiger partial charge < -0.3 is 24.6 Å². The van der Waals surface area contributed by atoms with Gasteiger partial charge in [0, 0.05) is 51.2 Å². The van der Waals surface area contributed by atoms with Crippen LogP contribution in [0.2, 0.25) is 0 Å². The Labute approximate surface area is 180 Å². The minimum Gasteiger partial charge on any atom is -0.482 e. The lowest BCUT2D eigenvalue weighted by molar-refractivity contribution is -0.137. The lowest BCUT2D eigenvalue weighted by atomic mass is 9.88. The number of ether oxygens (including phenoxy) is 2. The van der Waals surface area contributed by atoms with Gasteiger partial charge in [0.2, 0.25) is 11.8 Å². The molecule has 9 nitrogen and oxygen atoms in total. The van der Waals surface area contributed by atoms with Gasteiger partial charge in [0.05, 0.1) is 18.2 Å². The van der Waals surface area contributed by atoms with Crippen molar-refractivity contribution in [2.75, 3.05) is 51.8 Å². The van der Waals surface area contributed by atoms with Crippen molar-refractivity contribution in [3.63, 3.8) is 0 Å². The standard InChI is InChI=1S/C22H27N3O6/c1-30-9-8-25-12-16(11-20(25)27)22(29)24-6-4-14(5-7-24)21(28)15-2-3-18-17(10-15)23-19(26)13-31-18/h2-3,10,14,16H,4-9,11-13H2,1H3,(H,23,26). The van der Waals surface area contributed by atoms with Crippen LogP contribution in [-0.2, 0) is 19.1 Å². The molecule has 0 aliphatic carbocycles. The number of amides is 3. The van der Waals surface area contributed by atoms with Crippen LogP contribution in [0.4, 0.5) is 5.69 Å². The van der Waals surface area contributed by atoms with Gasteiger partial charge in [-0.15, -0.1) is 0 Å². The zero-order valence-corrected chi connectivity index (χ0v) is 17.6. The van der Waals surface area contributed by atoms with E-state index in [0.717, 1.165) is 0 Å². The van der Waals surface area contributed by atoms with Gasteiger partial charge in [-0.05, 0) is 31.0 Å². The Hall–Kier alpha value is -2.94. The van der Waals surface area contributed by atoms with E-state index in [2.05, 4.69) is 5.32 Å². The summed E-state index contributed by atoms with van der Waals surface area (Å²) < 4.78 is 10.4. The zero-order chi connectivity index (χ0) is 22.0. The first-order chi connectivity index (χ1) is 15.0. The number of anilines is 1. The first kappa shape index (κ1) is 21.3. The third-order valence-electron chi connectivity index (χ3n) is 6.20. The Kier molecular flexibility index (Phi) is 6.22. The van der Waals surface area contributed by atoms with Crippen LogP contribution in [0.5, 0.6) is 5.75 Å². The Morgan fingerprint density at radius 3 is 2.71 bits per heavy atom. The monoisotopic (exact) mass is 429 g/mol. The molecule has 0 radical (unpaired) electrons. The topological polar surface area (TPSA) is 105 Å². The van der Waals surface area contributed by atoms with Crippen LogP contribution in [0.1, 0.15) is 29.6 Å². The highest BCUT2D eigenvalue weighted by molar-refractivity contribution is 6.02. The number of fused-ring (bicyclic) bond motifs is 1. The van der Waals surface area contributed by atoms with Gasteiger partial charge in [0.1, 0.15) is 5.75 Å². The second-order valence-corrected chi connectivity index (χ2v) is 8.25. The highest BCUT2D eigenvalue weighted by Gasteiger charge is 2.38. The van der Waals surface area contributed by atoms with E-state index in [9.17, 15) is 19.2 Å². The molecular weight excluding hydrogens is 402 g/mol. The van der Waals surface area contributed by atoms with Gasteiger partial charge in [-0.25, -0.2) is 0 Å². The number of hydrogen-bond donors (Lipinski definition) is 1. The van der Waals surface area contributed by atoms with Crippen LogP contribution < -0.4 is 10.1 Å². The number of rotatable bonds is 6. The van der Waals surface area contributed by atoms with Crippen LogP contribution in [0.3, 0.4) is 0 Å². The maximum absolute atomic E-state index is 13.0. The van der Waals surface area contributed by atoms with Crippen molar-refractivity contribution in [3.8, 4) is 5.75 Å². The summed E-state index contributed by atoms with van der Waals surface area (Å²) in [4.78, 5) is 52.9. The van der Waals surface area contributed by atoms with Crippen molar-refractivity contribution >= 4 is 29.2 Å². The van der Waals surface area contributed by atoms with Crippen molar-refractivity contribution in [3.05, 3.63) is 23.8 Å². The van der Waals surface area contributed by atoms with E-state index in [1.165, 1.54) is 0 Å². The maximum atomic E-state index is 13.0. The van der Waals surface area contributed by atoms with Gasteiger partial charge in [0.15, 0.2) is 12.4 Å². The van der Waals surface area contributed by atoms with Crippen molar-refractivity contribution in [2.24, 2.45) is 11.8 Å². The van der Waals surface area contributed by atoms with E-state index in [4.69, 9.17) is 9.47 Å². The molecule has 1 unspecified atom stereocenters. The Balaban J connectivity index is 1.32. The van der Waals surface area contributed by atoms with Crippen molar-refractivity contribution < 1.29 is 28.7 Å². The third-order valence-corrected chi connectivity index (χ3v) is 6.20. The minimum atomic E-state index is -0.319. The number of likely N-dealkylation sites (tertiary alicyclic amines) is 2. The first-order valence-corrected chi connectivity index (χ1v) is 10.6. The molecule has 3 aliphatic rings. The van der Waals surface area contributed by atoms with E-state index in [1.54, 1.807) is 35.1 Å². The number of nitrogens with zero attached hydrogens (tertiary/aromatic N) is 2. The Morgan fingerprint density at radius 1 is 1.19 bits per heavy atom. The average Bonchev–Trinajstić information content (AvgIpc) is 3.16. The molecule has 1 aromatic carbocycles. The molecule has 1 N–H and O–H groups in total. The molecule has 1 aromatic rings. The third kappa shape index (κ3) is 4.56. The Bertz CT molecular complexity index is 893. The number of methoxy groups -OCH3 is 1. The molecule has 2 fully saturated rings. The SMILES string of the molecule is COCCN1CC(C(=O)N2CCC(C(=O)c3ccc4c(c3)NC(=O)CO4)CC2)CC1=O. The summed E-state index contributed by atoms with van der Waals surface area (Å²) in [6, 6.07) is 5.08. The van der Waals surface area contributed by atoms with Crippen LogP contribution in [0.25, 0.3) is 0 Å². The number of hydrogen-bond acceptors (Lipinski definition) is 6. The molecule has 0 bridgehead atoms. The Morgan fingerprint density at radius 2 is 1.97 bits per heavy atom. The van der Waals surface area contributed by atoms with Crippen LogP contribution in [0, 0.1) is 11.8 Å². The largest absolute Gasteiger partial charge is 0.482 e. The smallest absolute Gasteiger partial charge is 0.262 e. The molecule has 3 heterocycles. The molecule has 31 heavy (non-hydrogen) atoms. The second kappa shape index (κ2) is 9.05. The molecule has 9 heteroatoms. The number of carbonyl (C=O) groups excluding carboxylic acids is 4. The number of piperidine rings is 1. The lowest BCUT2D eigenvalue weighted by Gasteiger charge is -2.33. The number of benzene rings is 1. The second-order valence-electron chi connectivity index (χ2n) is 8.25. The predicted octanol–water partition coefficient (Wildman–Crippen LogP) is 0.934. The number of nitrogens with one attached hydrogen (secondary N) is 1. The minimum absolute atomic E-state index is 0.00666. The fraction of sp³-hybridized carbons (Fsp3) is 0.545. The normalized spacial score (nSPS) is 21.5. The van der Waals surface area contributed by atoms with Gasteiger partial charge in [-0.3, -0.25) is 19.2 Å². The van der Waals surface area contributed by atoms with Crippen molar-refractivity contribution in [1.29, 1.82) is 0 Å². The first-order valence-electron chi connectivity index (χ1n) is 10.6. The molecule has 0 aromatic heterocycles. The molecule has 3 amide bonds. The summed E-state index contributed by atoms with van der Waals surface area (Å²) >= 11 is 0. The lowest BCUT2D eigenvalue weighted by Crippen LogP contribution is -2.43. The molecule has 1 atom stereocenters. The van der Waals surface area contributed by atoms with Gasteiger partial charge in [-0.2, -0.15) is 0 Å². The predicted molar refractivity (Wildman–Crippen MR) is 111 cm³/mol. The summed E-state index contributed by atoms with van der Waals surface area (Å²) in [6.07, 6.45) is 1.40. The summed E-state index contributed by atoms with van der Waals surface area (Å²) in [5, 5.41) is 2.72. The van der Waals surface area contributed by atoms with Crippen LogP contribution in [0.15, 0.2) is 18.2 Å².